The van der Waals surface area contributed by atoms with Gasteiger partial charge in [-0.15, -0.1) is 0 Å². The van der Waals surface area contributed by atoms with Gasteiger partial charge in [-0.25, -0.2) is 4.98 Å². The van der Waals surface area contributed by atoms with E-state index in [2.05, 4.69) is 14.9 Å². The van der Waals surface area contributed by atoms with E-state index in [-0.39, 0.29) is 5.91 Å². The van der Waals surface area contributed by atoms with E-state index < -0.39 is 0 Å². The van der Waals surface area contributed by atoms with Crippen LogP contribution in [-0.4, -0.2) is 94.5 Å². The Morgan fingerprint density at radius 3 is 2.45 bits per heavy atom. The summed E-state index contributed by atoms with van der Waals surface area (Å²) in [4.78, 5) is 28.4. The SMILES string of the molecule is Cn1nc2nc(N3CCN(CC(=O)N4CCOCC4)CC3)nc(-c3ccc(Cl)cc3)c2c1N. The zero-order valence-electron chi connectivity index (χ0n) is 18.6. The Balaban J connectivity index is 1.35. The van der Waals surface area contributed by atoms with Gasteiger partial charge in [-0.05, 0) is 12.1 Å². The minimum absolute atomic E-state index is 0.165. The van der Waals surface area contributed by atoms with Gasteiger partial charge in [0.05, 0.1) is 30.8 Å². The molecular weight excluding hydrogens is 444 g/mol. The number of nitrogens with two attached hydrogens (primary N) is 1. The summed E-state index contributed by atoms with van der Waals surface area (Å²) in [6.45, 7) is 5.99. The van der Waals surface area contributed by atoms with Crippen molar-refractivity contribution in [3.8, 4) is 11.3 Å². The van der Waals surface area contributed by atoms with Crippen LogP contribution in [0.25, 0.3) is 22.3 Å². The Morgan fingerprint density at radius 2 is 1.76 bits per heavy atom. The van der Waals surface area contributed by atoms with Crippen LogP contribution in [0.5, 0.6) is 0 Å². The Hall–Kier alpha value is -2.95. The number of nitrogens with zero attached hydrogens (tertiary/aromatic N) is 7. The van der Waals surface area contributed by atoms with Crippen molar-refractivity contribution < 1.29 is 9.53 Å². The van der Waals surface area contributed by atoms with Crippen LogP contribution in [-0.2, 0) is 16.6 Å². The highest BCUT2D eigenvalue weighted by molar-refractivity contribution is 6.30. The van der Waals surface area contributed by atoms with Crippen molar-refractivity contribution >= 4 is 40.3 Å². The first-order chi connectivity index (χ1) is 16.0. The largest absolute Gasteiger partial charge is 0.383 e. The molecule has 0 radical (unpaired) electrons. The number of anilines is 2. The number of hydrogen-bond donors (Lipinski definition) is 1. The molecule has 0 unspecified atom stereocenters. The fraction of sp³-hybridized carbons (Fsp3) is 0.455. The molecule has 0 spiro atoms. The van der Waals surface area contributed by atoms with E-state index in [0.717, 1.165) is 42.8 Å². The Morgan fingerprint density at radius 1 is 1.06 bits per heavy atom. The lowest BCUT2D eigenvalue weighted by Gasteiger charge is -2.36. The maximum Gasteiger partial charge on any atom is 0.236 e. The van der Waals surface area contributed by atoms with Gasteiger partial charge in [-0.2, -0.15) is 10.1 Å². The second kappa shape index (κ2) is 9.12. The molecule has 174 valence electrons. The molecule has 33 heavy (non-hydrogen) atoms. The number of aromatic nitrogens is 4. The normalized spacial score (nSPS) is 17.6. The second-order valence-electron chi connectivity index (χ2n) is 8.34. The van der Waals surface area contributed by atoms with Crippen LogP contribution in [0.3, 0.4) is 0 Å². The number of carbonyl (C=O) groups excluding carboxylic acids is 1. The highest BCUT2D eigenvalue weighted by atomic mass is 35.5. The van der Waals surface area contributed by atoms with Crippen LogP contribution < -0.4 is 10.6 Å². The molecule has 1 aromatic carbocycles. The molecule has 0 atom stereocenters. The molecule has 4 heterocycles. The number of carbonyl (C=O) groups is 1. The monoisotopic (exact) mass is 470 g/mol. The third-order valence-corrected chi connectivity index (χ3v) is 6.48. The van der Waals surface area contributed by atoms with Crippen molar-refractivity contribution in [1.82, 2.24) is 29.5 Å². The molecule has 0 saturated carbocycles. The van der Waals surface area contributed by atoms with Gasteiger partial charge in [-0.3, -0.25) is 14.4 Å². The lowest BCUT2D eigenvalue weighted by molar-refractivity contribution is -0.136. The van der Waals surface area contributed by atoms with Gasteiger partial charge in [0.1, 0.15) is 5.82 Å². The number of halogens is 1. The van der Waals surface area contributed by atoms with Crippen LogP contribution in [0.1, 0.15) is 0 Å². The number of fused-ring (bicyclic) bond motifs is 1. The number of rotatable bonds is 4. The van der Waals surface area contributed by atoms with E-state index >= 15 is 0 Å². The number of morpholine rings is 1. The van der Waals surface area contributed by atoms with Crippen LogP contribution >= 0.6 is 11.6 Å². The lowest BCUT2D eigenvalue weighted by Crippen LogP contribution is -2.51. The average Bonchev–Trinajstić information content (AvgIpc) is 3.13. The fourth-order valence-electron chi connectivity index (χ4n) is 4.27. The number of piperazine rings is 1. The molecule has 2 saturated heterocycles. The van der Waals surface area contributed by atoms with Gasteiger partial charge in [0.15, 0.2) is 5.65 Å². The van der Waals surface area contributed by atoms with Gasteiger partial charge in [-0.1, -0.05) is 23.7 Å². The summed E-state index contributed by atoms with van der Waals surface area (Å²) in [5.41, 5.74) is 8.50. The maximum absolute atomic E-state index is 12.6. The van der Waals surface area contributed by atoms with Crippen molar-refractivity contribution in [2.75, 3.05) is 69.7 Å². The van der Waals surface area contributed by atoms with Gasteiger partial charge >= 0.3 is 0 Å². The number of hydrogen-bond acceptors (Lipinski definition) is 8. The van der Waals surface area contributed by atoms with Crippen LogP contribution in [0.4, 0.5) is 11.8 Å². The molecule has 1 amide bonds. The first-order valence-electron chi connectivity index (χ1n) is 11.1. The Kier molecular flexibility index (Phi) is 6.05. The molecule has 2 fully saturated rings. The van der Waals surface area contributed by atoms with Crippen LogP contribution in [0.2, 0.25) is 5.02 Å². The molecule has 2 aliphatic rings. The van der Waals surface area contributed by atoms with Crippen molar-refractivity contribution in [1.29, 1.82) is 0 Å². The third-order valence-electron chi connectivity index (χ3n) is 6.22. The van der Waals surface area contributed by atoms with E-state index in [0.29, 0.717) is 55.3 Å². The second-order valence-corrected chi connectivity index (χ2v) is 8.78. The summed E-state index contributed by atoms with van der Waals surface area (Å²) in [7, 11) is 1.80. The highest BCUT2D eigenvalue weighted by Crippen LogP contribution is 2.32. The van der Waals surface area contributed by atoms with Gasteiger partial charge in [0.2, 0.25) is 11.9 Å². The maximum atomic E-state index is 12.6. The number of nitrogen functional groups attached to an aromatic ring is 1. The highest BCUT2D eigenvalue weighted by Gasteiger charge is 2.26. The first-order valence-corrected chi connectivity index (χ1v) is 11.5. The zero-order chi connectivity index (χ0) is 22.9. The molecular formula is C22H27ClN8O2. The molecule has 2 aromatic heterocycles. The smallest absolute Gasteiger partial charge is 0.236 e. The summed E-state index contributed by atoms with van der Waals surface area (Å²) in [5.74, 6) is 1.30. The van der Waals surface area contributed by atoms with Crippen LogP contribution in [0.15, 0.2) is 24.3 Å². The summed E-state index contributed by atoms with van der Waals surface area (Å²) in [6.07, 6.45) is 0. The van der Waals surface area contributed by atoms with Crippen molar-refractivity contribution in [2.45, 2.75) is 0 Å². The number of aryl methyl sites for hydroxylation is 1. The van der Waals surface area contributed by atoms with Gasteiger partial charge < -0.3 is 20.3 Å². The van der Waals surface area contributed by atoms with Crippen LogP contribution in [0, 0.1) is 0 Å². The van der Waals surface area contributed by atoms with E-state index in [1.54, 1.807) is 11.7 Å². The predicted molar refractivity (Wildman–Crippen MR) is 127 cm³/mol. The molecule has 0 bridgehead atoms. The molecule has 10 nitrogen and oxygen atoms in total. The van der Waals surface area contributed by atoms with E-state index in [4.69, 9.17) is 32.0 Å². The molecule has 0 aliphatic carbocycles. The van der Waals surface area contributed by atoms with Crippen molar-refractivity contribution in [3.05, 3.63) is 29.3 Å². The average molecular weight is 471 g/mol. The summed E-state index contributed by atoms with van der Waals surface area (Å²) in [5, 5.41) is 5.89. The van der Waals surface area contributed by atoms with Gasteiger partial charge in [0, 0.05) is 56.9 Å². The Labute approximate surface area is 196 Å². The minimum atomic E-state index is 0.165. The Bertz CT molecular complexity index is 1150. The molecule has 2 N–H and O–H groups in total. The topological polar surface area (TPSA) is 106 Å². The van der Waals surface area contributed by atoms with Crippen molar-refractivity contribution in [2.24, 2.45) is 7.05 Å². The van der Waals surface area contributed by atoms with Crippen molar-refractivity contribution in [3.63, 3.8) is 0 Å². The molecule has 11 heteroatoms. The number of benzene rings is 1. The quantitative estimate of drug-likeness (QED) is 0.607. The zero-order valence-corrected chi connectivity index (χ0v) is 19.3. The predicted octanol–water partition coefficient (Wildman–Crippen LogP) is 1.25. The molecule has 5 rings (SSSR count). The first kappa shape index (κ1) is 21.9. The number of ether oxygens (including phenoxy) is 1. The third kappa shape index (κ3) is 4.46. The standard InChI is InChI=1S/C22H27ClN8O2/c1-28-20(24)18-19(15-2-4-16(23)5-3-15)25-22(26-21(18)27-28)31-8-6-29(7-9-31)14-17(32)30-10-12-33-13-11-30/h2-5H,6-14,24H2,1H3. The molecule has 3 aromatic rings. The lowest BCUT2D eigenvalue weighted by atomic mass is 10.1. The van der Waals surface area contributed by atoms with E-state index in [1.165, 1.54) is 0 Å². The van der Waals surface area contributed by atoms with Gasteiger partial charge in [0.25, 0.3) is 0 Å². The van der Waals surface area contributed by atoms with E-state index in [9.17, 15) is 4.79 Å². The van der Waals surface area contributed by atoms with E-state index in [1.807, 2.05) is 29.2 Å². The summed E-state index contributed by atoms with van der Waals surface area (Å²) < 4.78 is 6.96. The fourth-order valence-corrected chi connectivity index (χ4v) is 4.40. The summed E-state index contributed by atoms with van der Waals surface area (Å²) >= 11 is 6.08. The minimum Gasteiger partial charge on any atom is -0.383 e. The summed E-state index contributed by atoms with van der Waals surface area (Å²) in [6, 6.07) is 7.52. The molecule has 2 aliphatic heterocycles. The number of amides is 1.